The number of fused-ring (bicyclic) bond motifs is 3. The zero-order chi connectivity index (χ0) is 21.6. The van der Waals surface area contributed by atoms with Gasteiger partial charge in [0, 0.05) is 37.0 Å². The first-order chi connectivity index (χ1) is 14.2. The van der Waals surface area contributed by atoms with E-state index >= 15 is 0 Å². The highest BCUT2D eigenvalue weighted by Crippen LogP contribution is 2.39. The van der Waals surface area contributed by atoms with Gasteiger partial charge in [-0.25, -0.2) is 14.2 Å². The number of hydrogen-bond acceptors (Lipinski definition) is 5. The molecule has 0 bridgehead atoms. The highest BCUT2D eigenvalue weighted by atomic mass is 79.9. The van der Waals surface area contributed by atoms with Crippen LogP contribution in [0.15, 0.2) is 27.8 Å². The van der Waals surface area contributed by atoms with Gasteiger partial charge in [-0.15, -0.1) is 11.8 Å². The summed E-state index contributed by atoms with van der Waals surface area (Å²) in [5.74, 6) is -2.58. The van der Waals surface area contributed by atoms with Gasteiger partial charge in [0.2, 0.25) is 0 Å². The number of nitrogens with zero attached hydrogens (tertiary/aromatic N) is 3. The third-order valence-electron chi connectivity index (χ3n) is 5.26. The molecule has 1 amide bonds. The van der Waals surface area contributed by atoms with Crippen molar-refractivity contribution in [2.75, 3.05) is 19.3 Å². The van der Waals surface area contributed by atoms with Crippen LogP contribution in [0.1, 0.15) is 26.2 Å². The minimum Gasteiger partial charge on any atom is -0.397 e. The number of aliphatic hydroxyl groups is 1. The van der Waals surface area contributed by atoms with Crippen LogP contribution in [0.25, 0.3) is 21.8 Å². The number of carbonyl (C=O) groups is 1. The van der Waals surface area contributed by atoms with Gasteiger partial charge in [-0.1, -0.05) is 11.6 Å². The molecule has 1 aliphatic rings. The summed E-state index contributed by atoms with van der Waals surface area (Å²) >= 11 is 10.7. The predicted octanol–water partition coefficient (Wildman–Crippen LogP) is 5.71. The van der Waals surface area contributed by atoms with Gasteiger partial charge >= 0.3 is 6.09 Å². The molecular formula is C20H20BrClFN3O3S. The minimum absolute atomic E-state index is 0.112. The van der Waals surface area contributed by atoms with Crippen LogP contribution in [0.4, 0.5) is 9.18 Å². The Balaban J connectivity index is 1.87. The highest BCUT2D eigenvalue weighted by Gasteiger charge is 2.33. The molecule has 0 radical (unpaired) electrons. The number of ether oxygens (including phenoxy) is 1. The van der Waals surface area contributed by atoms with Crippen LogP contribution in [-0.4, -0.2) is 45.0 Å². The van der Waals surface area contributed by atoms with E-state index in [9.17, 15) is 14.3 Å². The number of benzene rings is 1. The Morgan fingerprint density at radius 3 is 2.73 bits per heavy atom. The van der Waals surface area contributed by atoms with Crippen LogP contribution >= 0.6 is 39.3 Å². The fraction of sp³-hybridized carbons (Fsp3) is 0.400. The van der Waals surface area contributed by atoms with Gasteiger partial charge in [0.05, 0.1) is 15.0 Å². The molecular weight excluding hydrogens is 497 g/mol. The largest absolute Gasteiger partial charge is 0.413 e. The lowest BCUT2D eigenvalue weighted by molar-refractivity contribution is -0.214. The number of pyridine rings is 1. The van der Waals surface area contributed by atoms with Crippen LogP contribution in [0.2, 0.25) is 5.02 Å². The SMILES string of the molecule is CSc1nc2c(F)c(Br)c(Cl)cc2c2c1ccn2C(C)(O)OC(=O)N1CCCCC1. The van der Waals surface area contributed by atoms with E-state index in [0.717, 1.165) is 19.3 Å². The molecule has 1 saturated heterocycles. The number of likely N-dealkylation sites (tertiary alicyclic amines) is 1. The van der Waals surface area contributed by atoms with Crippen molar-refractivity contribution in [1.29, 1.82) is 0 Å². The molecule has 160 valence electrons. The van der Waals surface area contributed by atoms with Gasteiger partial charge in [0.15, 0.2) is 5.82 Å². The molecule has 1 atom stereocenters. The van der Waals surface area contributed by atoms with Crippen molar-refractivity contribution >= 4 is 67.2 Å². The quantitative estimate of drug-likeness (QED) is 0.274. The monoisotopic (exact) mass is 515 g/mol. The van der Waals surface area contributed by atoms with E-state index in [1.54, 1.807) is 23.2 Å². The zero-order valence-electron chi connectivity index (χ0n) is 16.4. The molecule has 30 heavy (non-hydrogen) atoms. The van der Waals surface area contributed by atoms with E-state index in [4.69, 9.17) is 16.3 Å². The maximum atomic E-state index is 14.9. The van der Waals surface area contributed by atoms with E-state index in [1.807, 2.05) is 6.26 Å². The summed E-state index contributed by atoms with van der Waals surface area (Å²) < 4.78 is 21.9. The van der Waals surface area contributed by atoms with Gasteiger partial charge in [0.25, 0.3) is 5.91 Å². The molecule has 3 aromatic rings. The Labute approximate surface area is 190 Å². The Kier molecular flexibility index (Phi) is 5.91. The first-order valence-electron chi connectivity index (χ1n) is 9.47. The molecule has 6 nitrogen and oxygen atoms in total. The highest BCUT2D eigenvalue weighted by molar-refractivity contribution is 9.10. The van der Waals surface area contributed by atoms with E-state index in [2.05, 4.69) is 20.9 Å². The smallest absolute Gasteiger partial charge is 0.397 e. The van der Waals surface area contributed by atoms with Crippen LogP contribution in [-0.2, 0) is 10.6 Å². The van der Waals surface area contributed by atoms with Crippen molar-refractivity contribution in [2.45, 2.75) is 37.1 Å². The zero-order valence-corrected chi connectivity index (χ0v) is 19.6. The Bertz CT molecular complexity index is 1150. The Morgan fingerprint density at radius 1 is 1.37 bits per heavy atom. The second kappa shape index (κ2) is 8.18. The molecule has 0 spiro atoms. The fourth-order valence-corrected chi connectivity index (χ4v) is 4.84. The average molecular weight is 517 g/mol. The number of piperidine rings is 1. The summed E-state index contributed by atoms with van der Waals surface area (Å²) in [5, 5.41) is 13.0. The molecule has 4 rings (SSSR count). The van der Waals surface area contributed by atoms with Crippen LogP contribution in [0.3, 0.4) is 0 Å². The molecule has 1 aliphatic heterocycles. The van der Waals surface area contributed by atoms with E-state index in [1.165, 1.54) is 23.3 Å². The third-order valence-corrected chi connectivity index (χ3v) is 7.26. The van der Waals surface area contributed by atoms with E-state index in [-0.39, 0.29) is 15.0 Å². The van der Waals surface area contributed by atoms with Crippen molar-refractivity contribution in [1.82, 2.24) is 14.5 Å². The fourth-order valence-electron chi connectivity index (χ4n) is 3.77. The van der Waals surface area contributed by atoms with Gasteiger partial charge in [0.1, 0.15) is 10.5 Å². The summed E-state index contributed by atoms with van der Waals surface area (Å²) in [5.41, 5.74) is 0.593. The summed E-state index contributed by atoms with van der Waals surface area (Å²) in [6, 6.07) is 3.34. The van der Waals surface area contributed by atoms with Gasteiger partial charge in [-0.3, -0.25) is 4.57 Å². The van der Waals surface area contributed by atoms with Crippen molar-refractivity contribution < 1.29 is 19.0 Å². The summed E-state index contributed by atoms with van der Waals surface area (Å²) in [6.07, 6.45) is 5.73. The molecule has 1 unspecified atom stereocenters. The van der Waals surface area contributed by atoms with Crippen molar-refractivity contribution in [3.05, 3.63) is 33.6 Å². The second-order valence-electron chi connectivity index (χ2n) is 7.30. The lowest BCUT2D eigenvalue weighted by Gasteiger charge is -2.32. The predicted molar refractivity (Wildman–Crippen MR) is 119 cm³/mol. The molecule has 1 N–H and O–H groups in total. The van der Waals surface area contributed by atoms with E-state index < -0.39 is 17.8 Å². The van der Waals surface area contributed by atoms with Crippen LogP contribution in [0, 0.1) is 5.82 Å². The molecule has 10 heteroatoms. The van der Waals surface area contributed by atoms with Gasteiger partial charge in [-0.2, -0.15) is 0 Å². The summed E-state index contributed by atoms with van der Waals surface area (Å²) in [7, 11) is 0. The van der Waals surface area contributed by atoms with E-state index in [0.29, 0.717) is 34.4 Å². The summed E-state index contributed by atoms with van der Waals surface area (Å²) in [4.78, 5) is 18.6. The summed E-state index contributed by atoms with van der Waals surface area (Å²) in [6.45, 7) is 2.58. The van der Waals surface area contributed by atoms with Crippen LogP contribution in [0.5, 0.6) is 0 Å². The third kappa shape index (κ3) is 3.66. The Morgan fingerprint density at radius 2 is 2.07 bits per heavy atom. The number of amides is 1. The van der Waals surface area contributed by atoms with Crippen molar-refractivity contribution in [2.24, 2.45) is 0 Å². The maximum absolute atomic E-state index is 14.9. The Hall–Kier alpha value is -1.55. The number of thioether (sulfide) groups is 1. The lowest BCUT2D eigenvalue weighted by atomic mass is 10.1. The lowest BCUT2D eigenvalue weighted by Crippen LogP contribution is -2.43. The number of aromatic nitrogens is 2. The topological polar surface area (TPSA) is 67.6 Å². The van der Waals surface area contributed by atoms with Crippen molar-refractivity contribution in [3.8, 4) is 0 Å². The molecule has 0 saturated carbocycles. The molecule has 3 heterocycles. The number of hydrogen-bond donors (Lipinski definition) is 1. The average Bonchev–Trinajstić information content (AvgIpc) is 3.19. The van der Waals surface area contributed by atoms with Crippen LogP contribution < -0.4 is 0 Å². The first kappa shape index (κ1) is 21.7. The number of halogens is 3. The number of carbonyl (C=O) groups excluding carboxylic acids is 1. The number of rotatable bonds is 3. The molecule has 1 aromatic carbocycles. The standard InChI is InChI=1S/C20H20BrClFN3O3S/c1-20(28,29-19(27)25-7-4-3-5-8-25)26-9-6-11-17(26)12-10-13(22)14(21)15(23)16(12)24-18(11)30-2/h6,9-10,28H,3-5,7-8H2,1-2H3. The molecule has 2 aromatic heterocycles. The normalized spacial score (nSPS) is 16.8. The van der Waals surface area contributed by atoms with Gasteiger partial charge in [-0.05, 0) is 53.6 Å². The second-order valence-corrected chi connectivity index (χ2v) is 9.30. The van der Waals surface area contributed by atoms with Crippen molar-refractivity contribution in [3.63, 3.8) is 0 Å². The molecule has 1 fully saturated rings. The minimum atomic E-state index is -1.99. The van der Waals surface area contributed by atoms with Gasteiger partial charge < -0.3 is 14.7 Å². The maximum Gasteiger partial charge on any atom is 0.413 e. The first-order valence-corrected chi connectivity index (χ1v) is 11.9. The molecule has 0 aliphatic carbocycles.